The first-order valence-corrected chi connectivity index (χ1v) is 4.53. The SMILES string of the molecule is FC(F)(F)c1cccc2cc(Br)oc12. The van der Waals surface area contributed by atoms with Gasteiger partial charge in [0.2, 0.25) is 0 Å². The van der Waals surface area contributed by atoms with Crippen molar-refractivity contribution >= 4 is 26.9 Å². The van der Waals surface area contributed by atoms with Gasteiger partial charge in [-0.1, -0.05) is 12.1 Å². The second-order valence-corrected chi connectivity index (χ2v) is 3.55. The topological polar surface area (TPSA) is 13.1 Å². The van der Waals surface area contributed by atoms with Crippen molar-refractivity contribution in [2.45, 2.75) is 6.18 Å². The van der Waals surface area contributed by atoms with E-state index in [-0.39, 0.29) is 5.58 Å². The molecule has 14 heavy (non-hydrogen) atoms. The largest absolute Gasteiger partial charge is 0.449 e. The van der Waals surface area contributed by atoms with E-state index in [1.54, 1.807) is 6.07 Å². The molecule has 0 atom stereocenters. The predicted molar refractivity (Wildman–Crippen MR) is 48.9 cm³/mol. The fourth-order valence-corrected chi connectivity index (χ4v) is 1.66. The number of hydrogen-bond donors (Lipinski definition) is 0. The van der Waals surface area contributed by atoms with Crippen LogP contribution < -0.4 is 0 Å². The Hall–Kier alpha value is -0.970. The molecule has 0 N–H and O–H groups in total. The van der Waals surface area contributed by atoms with Gasteiger partial charge < -0.3 is 4.42 Å². The molecule has 0 amide bonds. The summed E-state index contributed by atoms with van der Waals surface area (Å²) in [5, 5.41) is 0.437. The smallest absolute Gasteiger partial charge is 0.420 e. The zero-order chi connectivity index (χ0) is 10.3. The van der Waals surface area contributed by atoms with Gasteiger partial charge in [0, 0.05) is 5.39 Å². The van der Waals surface area contributed by atoms with Crippen LogP contribution in [0.15, 0.2) is 33.4 Å². The standard InChI is InChI=1S/C9H4BrF3O/c10-7-4-5-2-1-3-6(8(5)14-7)9(11,12)13/h1-4H. The molecule has 0 aliphatic rings. The van der Waals surface area contributed by atoms with Crippen LogP contribution in [0.1, 0.15) is 5.56 Å². The van der Waals surface area contributed by atoms with Crippen molar-refractivity contribution in [3.05, 3.63) is 34.5 Å². The van der Waals surface area contributed by atoms with Crippen LogP contribution in [0.4, 0.5) is 13.2 Å². The molecule has 0 aliphatic heterocycles. The first-order chi connectivity index (χ1) is 6.48. The maximum absolute atomic E-state index is 12.5. The third-order valence-corrected chi connectivity index (χ3v) is 2.21. The quantitative estimate of drug-likeness (QED) is 0.695. The number of furan rings is 1. The average Bonchev–Trinajstić information content (AvgIpc) is 2.41. The summed E-state index contributed by atoms with van der Waals surface area (Å²) in [5.41, 5.74) is -0.882. The lowest BCUT2D eigenvalue weighted by atomic mass is 10.1. The first-order valence-electron chi connectivity index (χ1n) is 3.74. The van der Waals surface area contributed by atoms with Crippen molar-refractivity contribution < 1.29 is 17.6 Å². The van der Waals surface area contributed by atoms with Crippen LogP contribution >= 0.6 is 15.9 Å². The van der Waals surface area contributed by atoms with Gasteiger partial charge in [-0.2, -0.15) is 13.2 Å². The summed E-state index contributed by atoms with van der Waals surface area (Å²) >= 11 is 2.99. The Bertz CT molecular complexity index is 472. The molecular weight excluding hydrogens is 261 g/mol. The van der Waals surface area contributed by atoms with Gasteiger partial charge in [-0.25, -0.2) is 0 Å². The lowest BCUT2D eigenvalue weighted by Crippen LogP contribution is -2.04. The highest BCUT2D eigenvalue weighted by Gasteiger charge is 2.34. The van der Waals surface area contributed by atoms with Gasteiger partial charge in [0.1, 0.15) is 5.58 Å². The molecule has 2 rings (SSSR count). The Morgan fingerprint density at radius 2 is 1.93 bits per heavy atom. The molecular formula is C9H4BrF3O. The molecule has 1 aromatic carbocycles. The van der Waals surface area contributed by atoms with Crippen molar-refractivity contribution in [2.24, 2.45) is 0 Å². The summed E-state index contributed by atoms with van der Waals surface area (Å²) in [4.78, 5) is 0. The van der Waals surface area contributed by atoms with E-state index < -0.39 is 11.7 Å². The van der Waals surface area contributed by atoms with Crippen molar-refractivity contribution in [3.63, 3.8) is 0 Å². The van der Waals surface area contributed by atoms with Gasteiger partial charge in [-0.15, -0.1) is 0 Å². The second kappa shape index (κ2) is 3.02. The van der Waals surface area contributed by atoms with Gasteiger partial charge in [0.25, 0.3) is 0 Å². The van der Waals surface area contributed by atoms with E-state index in [1.807, 2.05) is 0 Å². The zero-order valence-corrected chi connectivity index (χ0v) is 8.32. The maximum Gasteiger partial charge on any atom is 0.420 e. The van der Waals surface area contributed by atoms with Crippen molar-refractivity contribution in [2.75, 3.05) is 0 Å². The molecule has 0 unspecified atom stereocenters. The van der Waals surface area contributed by atoms with Gasteiger partial charge in [-0.3, -0.25) is 0 Å². The monoisotopic (exact) mass is 264 g/mol. The molecule has 0 fully saturated rings. The molecule has 2 aromatic rings. The van der Waals surface area contributed by atoms with Crippen LogP contribution in [0.25, 0.3) is 11.0 Å². The van der Waals surface area contributed by atoms with Crippen LogP contribution in [-0.4, -0.2) is 0 Å². The lowest BCUT2D eigenvalue weighted by Gasteiger charge is -2.05. The van der Waals surface area contributed by atoms with E-state index in [0.29, 0.717) is 10.1 Å². The number of para-hydroxylation sites is 1. The Kier molecular flexibility index (Phi) is 2.06. The summed E-state index contributed by atoms with van der Waals surface area (Å²) < 4.78 is 42.6. The Morgan fingerprint density at radius 1 is 1.21 bits per heavy atom. The molecule has 0 radical (unpaired) electrons. The lowest BCUT2D eigenvalue weighted by molar-refractivity contribution is -0.136. The molecule has 1 aromatic heterocycles. The molecule has 0 saturated heterocycles. The van der Waals surface area contributed by atoms with Crippen LogP contribution in [0.3, 0.4) is 0 Å². The first kappa shape index (κ1) is 9.58. The van der Waals surface area contributed by atoms with Crippen molar-refractivity contribution in [3.8, 4) is 0 Å². The molecule has 1 heterocycles. The van der Waals surface area contributed by atoms with E-state index in [2.05, 4.69) is 15.9 Å². The minimum Gasteiger partial charge on any atom is -0.449 e. The van der Waals surface area contributed by atoms with Gasteiger partial charge in [0.15, 0.2) is 4.67 Å². The van der Waals surface area contributed by atoms with E-state index in [9.17, 15) is 13.2 Å². The van der Waals surface area contributed by atoms with E-state index in [0.717, 1.165) is 6.07 Å². The maximum atomic E-state index is 12.5. The normalized spacial score (nSPS) is 12.3. The van der Waals surface area contributed by atoms with Crippen LogP contribution in [0.2, 0.25) is 0 Å². The van der Waals surface area contributed by atoms with E-state index in [4.69, 9.17) is 4.42 Å². The Morgan fingerprint density at radius 3 is 2.57 bits per heavy atom. The summed E-state index contributed by atoms with van der Waals surface area (Å²) in [5.74, 6) is 0. The highest BCUT2D eigenvalue weighted by molar-refractivity contribution is 9.10. The van der Waals surface area contributed by atoms with E-state index >= 15 is 0 Å². The number of rotatable bonds is 0. The number of fused-ring (bicyclic) bond motifs is 1. The van der Waals surface area contributed by atoms with Crippen LogP contribution in [0, 0.1) is 0 Å². The van der Waals surface area contributed by atoms with Crippen LogP contribution in [-0.2, 0) is 6.18 Å². The average molecular weight is 265 g/mol. The van der Waals surface area contributed by atoms with Gasteiger partial charge in [0.05, 0.1) is 5.56 Å². The Labute approximate surface area is 85.6 Å². The third-order valence-electron chi connectivity index (χ3n) is 1.82. The summed E-state index contributed by atoms with van der Waals surface area (Å²) in [7, 11) is 0. The number of hydrogen-bond acceptors (Lipinski definition) is 1. The number of halogens is 4. The fraction of sp³-hybridized carbons (Fsp3) is 0.111. The Balaban J connectivity index is 2.77. The van der Waals surface area contributed by atoms with Crippen molar-refractivity contribution in [1.82, 2.24) is 0 Å². The highest BCUT2D eigenvalue weighted by Crippen LogP contribution is 2.36. The molecule has 0 spiro atoms. The summed E-state index contributed by atoms with van der Waals surface area (Å²) in [6.45, 7) is 0. The fourth-order valence-electron chi connectivity index (χ4n) is 1.25. The zero-order valence-electron chi connectivity index (χ0n) is 6.73. The molecule has 1 nitrogen and oxygen atoms in total. The minimum atomic E-state index is -4.38. The third kappa shape index (κ3) is 1.52. The summed E-state index contributed by atoms with van der Waals surface area (Å²) in [6.07, 6.45) is -4.38. The molecule has 0 aliphatic carbocycles. The second-order valence-electron chi connectivity index (χ2n) is 2.77. The van der Waals surface area contributed by atoms with E-state index in [1.165, 1.54) is 12.1 Å². The molecule has 74 valence electrons. The minimum absolute atomic E-state index is 0.133. The summed E-state index contributed by atoms with van der Waals surface area (Å²) in [6, 6.07) is 5.43. The number of benzene rings is 1. The van der Waals surface area contributed by atoms with Gasteiger partial charge >= 0.3 is 6.18 Å². The molecule has 5 heteroatoms. The number of alkyl halides is 3. The van der Waals surface area contributed by atoms with Crippen LogP contribution in [0.5, 0.6) is 0 Å². The predicted octanol–water partition coefficient (Wildman–Crippen LogP) is 4.21. The van der Waals surface area contributed by atoms with Crippen molar-refractivity contribution in [1.29, 1.82) is 0 Å². The molecule has 0 saturated carbocycles. The highest BCUT2D eigenvalue weighted by atomic mass is 79.9. The van der Waals surface area contributed by atoms with Gasteiger partial charge in [-0.05, 0) is 28.1 Å². The molecule has 0 bridgehead atoms.